The van der Waals surface area contributed by atoms with Gasteiger partial charge < -0.3 is 19.6 Å². The monoisotopic (exact) mass is 274 g/mol. The Morgan fingerprint density at radius 1 is 1.55 bits per heavy atom. The average molecular weight is 274 g/mol. The van der Waals surface area contributed by atoms with Crippen molar-refractivity contribution >= 4 is 5.82 Å². The van der Waals surface area contributed by atoms with Crippen molar-refractivity contribution in [3.8, 4) is 11.8 Å². The number of imidazole rings is 1. The van der Waals surface area contributed by atoms with Gasteiger partial charge in [-0.3, -0.25) is 4.57 Å². The molecular weight excluding hydrogens is 262 g/mol. The Morgan fingerprint density at radius 3 is 3.10 bits per heavy atom. The van der Waals surface area contributed by atoms with Crippen LogP contribution in [0.5, 0.6) is 11.8 Å². The number of hydrogen-bond donors (Lipinski definition) is 0. The van der Waals surface area contributed by atoms with Gasteiger partial charge in [-0.2, -0.15) is 0 Å². The van der Waals surface area contributed by atoms with Gasteiger partial charge in [-0.25, -0.2) is 0 Å². The quantitative estimate of drug-likeness (QED) is 0.627. The molecule has 2 aromatic rings. The van der Waals surface area contributed by atoms with E-state index < -0.39 is 4.92 Å². The van der Waals surface area contributed by atoms with Gasteiger partial charge in [0.15, 0.2) is 0 Å². The third-order valence-electron chi connectivity index (χ3n) is 3.00. The number of nitrogens with zero attached hydrogens (tertiary/aromatic N) is 3. The molecular formula is C13H12N3O4. The molecule has 0 saturated carbocycles. The maximum atomic E-state index is 10.7. The predicted molar refractivity (Wildman–Crippen MR) is 68.7 cm³/mol. The lowest BCUT2D eigenvalue weighted by Gasteiger charge is -2.22. The van der Waals surface area contributed by atoms with Crippen molar-refractivity contribution in [3.63, 3.8) is 0 Å². The van der Waals surface area contributed by atoms with Crippen LogP contribution < -0.4 is 9.47 Å². The van der Waals surface area contributed by atoms with Crippen molar-refractivity contribution < 1.29 is 14.4 Å². The van der Waals surface area contributed by atoms with Crippen LogP contribution in [0, 0.1) is 16.2 Å². The summed E-state index contributed by atoms with van der Waals surface area (Å²) in [5.74, 6) is 0.549. The highest BCUT2D eigenvalue weighted by atomic mass is 16.6. The molecule has 7 nitrogen and oxygen atoms in total. The zero-order valence-electron chi connectivity index (χ0n) is 10.6. The first-order chi connectivity index (χ1) is 9.72. The van der Waals surface area contributed by atoms with Crippen LogP contribution in [0.1, 0.15) is 6.42 Å². The fourth-order valence-corrected chi connectivity index (χ4v) is 1.99. The van der Waals surface area contributed by atoms with Crippen molar-refractivity contribution in [1.29, 1.82) is 0 Å². The number of hydrogen-bond acceptors (Lipinski definition) is 5. The number of benzene rings is 1. The van der Waals surface area contributed by atoms with Gasteiger partial charge in [0.1, 0.15) is 24.7 Å². The molecule has 1 unspecified atom stereocenters. The highest BCUT2D eigenvalue weighted by molar-refractivity contribution is 5.22. The van der Waals surface area contributed by atoms with E-state index >= 15 is 0 Å². The fourth-order valence-electron chi connectivity index (χ4n) is 1.99. The highest BCUT2D eigenvalue weighted by Gasteiger charge is 2.28. The van der Waals surface area contributed by atoms with E-state index in [4.69, 9.17) is 9.47 Å². The zero-order chi connectivity index (χ0) is 13.9. The lowest BCUT2D eigenvalue weighted by Crippen LogP contribution is -2.31. The van der Waals surface area contributed by atoms with Crippen molar-refractivity contribution in [3.05, 3.63) is 46.6 Å². The Hall–Kier alpha value is -2.57. The maximum absolute atomic E-state index is 10.7. The summed E-state index contributed by atoms with van der Waals surface area (Å²) in [6.45, 7) is 1.01. The second-order valence-electron chi connectivity index (χ2n) is 4.41. The predicted octanol–water partition coefficient (Wildman–Crippen LogP) is 1.82. The lowest BCUT2D eigenvalue weighted by molar-refractivity contribution is -0.389. The molecule has 1 radical (unpaired) electrons. The first kappa shape index (κ1) is 12.5. The third kappa shape index (κ3) is 2.56. The summed E-state index contributed by atoms with van der Waals surface area (Å²) in [6, 6.07) is 10.4. The molecule has 7 heteroatoms. The molecule has 0 amide bonds. The van der Waals surface area contributed by atoms with Crippen molar-refractivity contribution in [2.24, 2.45) is 0 Å². The van der Waals surface area contributed by atoms with Gasteiger partial charge in [0, 0.05) is 17.9 Å². The molecule has 0 aliphatic carbocycles. The normalized spacial score (nSPS) is 17.1. The largest absolute Gasteiger partial charge is 0.490 e. The van der Waals surface area contributed by atoms with Gasteiger partial charge in [-0.05, 0) is 23.1 Å². The van der Waals surface area contributed by atoms with Crippen LogP contribution in [-0.4, -0.2) is 27.2 Å². The smallest absolute Gasteiger partial charge is 0.414 e. The standard InChI is InChI=1S/C13H12N3O4/c17-16(18)12-8-15-7-6-11(20-13(15)14-12)9-19-10-4-2-1-3-5-10/h2-5,8,11H,6-7,9H2. The van der Waals surface area contributed by atoms with Crippen LogP contribution in [0.3, 0.4) is 0 Å². The van der Waals surface area contributed by atoms with Crippen LogP contribution in [-0.2, 0) is 6.54 Å². The summed E-state index contributed by atoms with van der Waals surface area (Å²) < 4.78 is 12.8. The van der Waals surface area contributed by atoms with Crippen molar-refractivity contribution in [2.75, 3.05) is 6.61 Å². The molecule has 1 atom stereocenters. The summed E-state index contributed by atoms with van der Waals surface area (Å²) >= 11 is 0. The maximum Gasteiger partial charge on any atom is 0.414 e. The molecule has 0 bridgehead atoms. The van der Waals surface area contributed by atoms with Gasteiger partial charge in [-0.15, -0.1) is 0 Å². The van der Waals surface area contributed by atoms with E-state index in [1.807, 2.05) is 12.1 Å². The third-order valence-corrected chi connectivity index (χ3v) is 3.00. The molecule has 1 aliphatic heterocycles. The van der Waals surface area contributed by atoms with Crippen LogP contribution in [0.2, 0.25) is 0 Å². The topological polar surface area (TPSA) is 79.4 Å². The molecule has 1 aromatic heterocycles. The molecule has 0 spiro atoms. The Labute approximate surface area is 114 Å². The number of ether oxygens (including phenoxy) is 2. The summed E-state index contributed by atoms with van der Waals surface area (Å²) in [5.41, 5.74) is 0. The summed E-state index contributed by atoms with van der Waals surface area (Å²) in [6.07, 6.45) is 1.95. The van der Waals surface area contributed by atoms with E-state index in [9.17, 15) is 10.1 Å². The Kier molecular flexibility index (Phi) is 3.24. The summed E-state index contributed by atoms with van der Waals surface area (Å²) in [7, 11) is 0. The second-order valence-corrected chi connectivity index (χ2v) is 4.41. The minimum absolute atomic E-state index is 0.159. The molecule has 1 aliphatic rings. The van der Waals surface area contributed by atoms with Gasteiger partial charge >= 0.3 is 11.8 Å². The van der Waals surface area contributed by atoms with E-state index in [2.05, 4.69) is 11.1 Å². The molecule has 0 fully saturated rings. The number of fused-ring (bicyclic) bond motifs is 1. The molecule has 103 valence electrons. The van der Waals surface area contributed by atoms with Gasteiger partial charge in [0.25, 0.3) is 0 Å². The average Bonchev–Trinajstić information content (AvgIpc) is 2.89. The number of rotatable bonds is 4. The lowest BCUT2D eigenvalue weighted by atomic mass is 10.2. The molecule has 20 heavy (non-hydrogen) atoms. The summed E-state index contributed by atoms with van der Waals surface area (Å²) in [5, 5.41) is 10.7. The fraction of sp³-hybridized carbons (Fsp3) is 0.308. The highest BCUT2D eigenvalue weighted by Crippen LogP contribution is 2.24. The first-order valence-electron chi connectivity index (χ1n) is 6.19. The minimum Gasteiger partial charge on any atom is -0.490 e. The molecule has 2 heterocycles. The van der Waals surface area contributed by atoms with E-state index in [1.54, 1.807) is 16.7 Å². The number of nitro groups is 1. The van der Waals surface area contributed by atoms with Crippen molar-refractivity contribution in [1.82, 2.24) is 9.55 Å². The molecule has 3 rings (SSSR count). The summed E-state index contributed by atoms with van der Waals surface area (Å²) in [4.78, 5) is 14.0. The molecule has 1 aromatic carbocycles. The van der Waals surface area contributed by atoms with Gasteiger partial charge in [-0.1, -0.05) is 12.1 Å². The Bertz CT molecular complexity index is 611. The Balaban J connectivity index is 1.62. The van der Waals surface area contributed by atoms with Crippen molar-refractivity contribution in [2.45, 2.75) is 19.1 Å². The van der Waals surface area contributed by atoms with E-state index in [1.165, 1.54) is 6.20 Å². The van der Waals surface area contributed by atoms with E-state index in [0.717, 1.165) is 12.2 Å². The van der Waals surface area contributed by atoms with Gasteiger partial charge in [0.05, 0.1) is 0 Å². The second kappa shape index (κ2) is 5.20. The minimum atomic E-state index is -0.527. The first-order valence-corrected chi connectivity index (χ1v) is 6.19. The van der Waals surface area contributed by atoms with Crippen LogP contribution in [0.4, 0.5) is 5.82 Å². The number of aromatic nitrogens is 2. The zero-order valence-corrected chi connectivity index (χ0v) is 10.6. The van der Waals surface area contributed by atoms with E-state index in [-0.39, 0.29) is 17.9 Å². The van der Waals surface area contributed by atoms with Crippen LogP contribution in [0.15, 0.2) is 30.5 Å². The SMILES string of the molecule is O=[N+]([O-])c1cn2c(n1)OC(COc1cc[c]cc1)CC2. The van der Waals surface area contributed by atoms with E-state index in [0.29, 0.717) is 13.2 Å². The van der Waals surface area contributed by atoms with Crippen LogP contribution in [0.25, 0.3) is 0 Å². The molecule has 0 N–H and O–H groups in total. The van der Waals surface area contributed by atoms with Gasteiger partial charge in [0.2, 0.25) is 0 Å². The molecule has 0 saturated heterocycles. The number of aryl methyl sites for hydroxylation is 1. The Morgan fingerprint density at radius 2 is 2.35 bits per heavy atom. The van der Waals surface area contributed by atoms with Crippen LogP contribution >= 0.6 is 0 Å².